The van der Waals surface area contributed by atoms with Gasteiger partial charge in [0.2, 0.25) is 0 Å². The Bertz CT molecular complexity index is 574. The molecule has 0 radical (unpaired) electrons. The van der Waals surface area contributed by atoms with E-state index in [1.165, 1.54) is 6.07 Å². The third-order valence-corrected chi connectivity index (χ3v) is 3.87. The summed E-state index contributed by atoms with van der Waals surface area (Å²) in [6, 6.07) is 8.29. The third kappa shape index (κ3) is 3.05. The average Bonchev–Trinajstić information content (AvgIpc) is 2.73. The minimum absolute atomic E-state index is 0.326. The Morgan fingerprint density at radius 2 is 2.24 bits per heavy atom. The average molecular weight is 311 g/mol. The van der Waals surface area contributed by atoms with Crippen molar-refractivity contribution < 1.29 is 4.39 Å². The molecule has 0 amide bonds. The van der Waals surface area contributed by atoms with Crippen LogP contribution in [0.1, 0.15) is 10.4 Å². The summed E-state index contributed by atoms with van der Waals surface area (Å²) in [5.41, 5.74) is 0.737. The van der Waals surface area contributed by atoms with Crippen molar-refractivity contribution in [1.29, 1.82) is 5.26 Å². The molecule has 0 bridgehead atoms. The molecule has 0 saturated heterocycles. The zero-order valence-corrected chi connectivity index (χ0v) is 11.1. The first-order chi connectivity index (χ1) is 8.19. The molecule has 0 fully saturated rings. The van der Waals surface area contributed by atoms with Crippen LogP contribution in [0.4, 0.5) is 10.1 Å². The molecule has 86 valence electrons. The van der Waals surface area contributed by atoms with E-state index in [-0.39, 0.29) is 0 Å². The Morgan fingerprint density at radius 3 is 2.82 bits per heavy atom. The first-order valence-corrected chi connectivity index (χ1v) is 6.53. The van der Waals surface area contributed by atoms with Gasteiger partial charge in [-0.2, -0.15) is 5.26 Å². The largest absolute Gasteiger partial charge is 0.378 e. The maximum absolute atomic E-state index is 13.5. The number of nitrogens with one attached hydrogen (secondary N) is 1. The lowest BCUT2D eigenvalue weighted by Gasteiger charge is -2.05. The van der Waals surface area contributed by atoms with Crippen molar-refractivity contribution in [3.8, 4) is 6.07 Å². The van der Waals surface area contributed by atoms with E-state index in [1.807, 2.05) is 17.5 Å². The molecule has 0 aliphatic heterocycles. The summed E-state index contributed by atoms with van der Waals surface area (Å²) < 4.78 is 14.6. The Hall–Kier alpha value is -1.38. The summed E-state index contributed by atoms with van der Waals surface area (Å²) in [7, 11) is 0. The number of thiophene rings is 1. The number of benzene rings is 1. The van der Waals surface area contributed by atoms with Crippen molar-refractivity contribution in [2.24, 2.45) is 0 Å². The lowest BCUT2D eigenvalue weighted by atomic mass is 10.2. The SMILES string of the molecule is N#Cc1ccc(NCc2cc(Br)cs2)c(F)c1. The molecular formula is C12H8BrFN2S. The predicted octanol–water partition coefficient (Wildman–Crippen LogP) is 4.13. The second kappa shape index (κ2) is 5.30. The van der Waals surface area contributed by atoms with Crippen LogP contribution in [0.5, 0.6) is 0 Å². The molecule has 2 aromatic rings. The standard InChI is InChI=1S/C12H8BrFN2S/c13-9-4-10(17-7-9)6-16-12-2-1-8(5-15)3-11(12)14/h1-4,7,16H,6H2. The summed E-state index contributed by atoms with van der Waals surface area (Å²) in [5.74, 6) is -0.403. The van der Waals surface area contributed by atoms with Gasteiger partial charge in [-0.1, -0.05) is 0 Å². The lowest BCUT2D eigenvalue weighted by Crippen LogP contribution is -2.00. The minimum Gasteiger partial charge on any atom is -0.378 e. The van der Waals surface area contributed by atoms with Crippen LogP contribution in [0, 0.1) is 17.1 Å². The third-order valence-electron chi connectivity index (χ3n) is 2.17. The number of hydrogen-bond donors (Lipinski definition) is 1. The monoisotopic (exact) mass is 310 g/mol. The van der Waals surface area contributed by atoms with Crippen LogP contribution in [0.15, 0.2) is 34.1 Å². The van der Waals surface area contributed by atoms with Gasteiger partial charge in [-0.25, -0.2) is 4.39 Å². The maximum atomic E-state index is 13.5. The van der Waals surface area contributed by atoms with Crippen LogP contribution in [0.3, 0.4) is 0 Å². The maximum Gasteiger partial charge on any atom is 0.147 e. The van der Waals surface area contributed by atoms with E-state index < -0.39 is 5.82 Å². The van der Waals surface area contributed by atoms with Gasteiger partial charge in [0.15, 0.2) is 0 Å². The number of nitriles is 1. The highest BCUT2D eigenvalue weighted by Crippen LogP contribution is 2.22. The topological polar surface area (TPSA) is 35.8 Å². The van der Waals surface area contributed by atoms with E-state index in [9.17, 15) is 4.39 Å². The van der Waals surface area contributed by atoms with Crippen LogP contribution < -0.4 is 5.32 Å². The van der Waals surface area contributed by atoms with Gasteiger partial charge in [-0.15, -0.1) is 11.3 Å². The van der Waals surface area contributed by atoms with Crippen molar-refractivity contribution in [2.45, 2.75) is 6.54 Å². The summed E-state index contributed by atoms with van der Waals surface area (Å²) in [6.07, 6.45) is 0. The van der Waals surface area contributed by atoms with Gasteiger partial charge in [0.05, 0.1) is 17.3 Å². The molecule has 0 saturated carbocycles. The van der Waals surface area contributed by atoms with Crippen LogP contribution in [-0.4, -0.2) is 0 Å². The quantitative estimate of drug-likeness (QED) is 0.925. The molecule has 1 heterocycles. The van der Waals surface area contributed by atoms with Crippen molar-refractivity contribution in [3.05, 3.63) is 50.4 Å². The molecule has 2 nitrogen and oxygen atoms in total. The molecule has 1 N–H and O–H groups in total. The van der Waals surface area contributed by atoms with E-state index in [4.69, 9.17) is 5.26 Å². The Kier molecular flexibility index (Phi) is 3.77. The van der Waals surface area contributed by atoms with Gasteiger partial charge in [-0.05, 0) is 40.2 Å². The molecule has 5 heteroatoms. The summed E-state index contributed by atoms with van der Waals surface area (Å²) in [5, 5.41) is 13.6. The molecule has 0 aliphatic carbocycles. The highest BCUT2D eigenvalue weighted by molar-refractivity contribution is 9.10. The number of nitrogens with zero attached hydrogens (tertiary/aromatic N) is 1. The molecule has 2 rings (SSSR count). The number of hydrogen-bond acceptors (Lipinski definition) is 3. The Balaban J connectivity index is 2.07. The van der Waals surface area contributed by atoms with Gasteiger partial charge in [0.25, 0.3) is 0 Å². The van der Waals surface area contributed by atoms with E-state index in [1.54, 1.807) is 23.5 Å². The highest BCUT2D eigenvalue weighted by Gasteiger charge is 2.04. The molecule has 0 aliphatic rings. The zero-order valence-electron chi connectivity index (χ0n) is 8.71. The van der Waals surface area contributed by atoms with Crippen molar-refractivity contribution >= 4 is 33.0 Å². The smallest absolute Gasteiger partial charge is 0.147 e. The molecule has 1 aromatic carbocycles. The first kappa shape index (κ1) is 12.1. The van der Waals surface area contributed by atoms with E-state index >= 15 is 0 Å². The number of rotatable bonds is 3. The Morgan fingerprint density at radius 1 is 1.41 bits per heavy atom. The molecule has 0 atom stereocenters. The van der Waals surface area contributed by atoms with Crippen molar-refractivity contribution in [2.75, 3.05) is 5.32 Å². The highest BCUT2D eigenvalue weighted by atomic mass is 79.9. The number of anilines is 1. The molecule has 17 heavy (non-hydrogen) atoms. The molecular weight excluding hydrogens is 303 g/mol. The van der Waals surface area contributed by atoms with E-state index in [2.05, 4.69) is 21.2 Å². The van der Waals surface area contributed by atoms with Crippen LogP contribution in [0.25, 0.3) is 0 Å². The van der Waals surface area contributed by atoms with Crippen molar-refractivity contribution in [3.63, 3.8) is 0 Å². The summed E-state index contributed by atoms with van der Waals surface area (Å²) in [6.45, 7) is 0.569. The van der Waals surface area contributed by atoms with Gasteiger partial charge in [0, 0.05) is 21.3 Å². The van der Waals surface area contributed by atoms with Gasteiger partial charge < -0.3 is 5.32 Å². The van der Waals surface area contributed by atoms with E-state index in [0.717, 1.165) is 9.35 Å². The fourth-order valence-electron chi connectivity index (χ4n) is 1.36. The normalized spacial score (nSPS) is 9.94. The number of halogens is 2. The minimum atomic E-state index is -0.403. The fourth-order valence-corrected chi connectivity index (χ4v) is 2.75. The Labute approximate surface area is 111 Å². The predicted molar refractivity (Wildman–Crippen MR) is 70.5 cm³/mol. The molecule has 0 spiro atoms. The second-order valence-corrected chi connectivity index (χ2v) is 5.30. The molecule has 1 aromatic heterocycles. The van der Waals surface area contributed by atoms with Gasteiger partial charge in [0.1, 0.15) is 5.82 Å². The van der Waals surface area contributed by atoms with Crippen LogP contribution in [0.2, 0.25) is 0 Å². The fraction of sp³-hybridized carbons (Fsp3) is 0.0833. The van der Waals surface area contributed by atoms with Crippen LogP contribution in [-0.2, 0) is 6.54 Å². The lowest BCUT2D eigenvalue weighted by molar-refractivity contribution is 0.629. The summed E-state index contributed by atoms with van der Waals surface area (Å²) in [4.78, 5) is 1.11. The zero-order chi connectivity index (χ0) is 12.3. The van der Waals surface area contributed by atoms with Crippen molar-refractivity contribution in [1.82, 2.24) is 0 Å². The second-order valence-electron chi connectivity index (χ2n) is 3.39. The first-order valence-electron chi connectivity index (χ1n) is 4.85. The van der Waals surface area contributed by atoms with E-state index in [0.29, 0.717) is 17.8 Å². The van der Waals surface area contributed by atoms with Crippen LogP contribution >= 0.6 is 27.3 Å². The summed E-state index contributed by atoms with van der Waals surface area (Å²) >= 11 is 4.96. The van der Waals surface area contributed by atoms with Gasteiger partial charge in [-0.3, -0.25) is 0 Å². The molecule has 0 unspecified atom stereocenters. The van der Waals surface area contributed by atoms with Gasteiger partial charge >= 0.3 is 0 Å².